The van der Waals surface area contributed by atoms with E-state index in [2.05, 4.69) is 15.3 Å². The van der Waals surface area contributed by atoms with E-state index in [1.165, 1.54) is 13.3 Å². The van der Waals surface area contributed by atoms with Gasteiger partial charge in [0, 0.05) is 23.5 Å². The number of benzene rings is 2. The van der Waals surface area contributed by atoms with Gasteiger partial charge in [-0.1, -0.05) is 30.3 Å². The molecular weight excluding hydrogens is 358 g/mol. The highest BCUT2D eigenvalue weighted by Gasteiger charge is 2.27. The van der Waals surface area contributed by atoms with Gasteiger partial charge in [-0.15, -0.1) is 0 Å². The average Bonchev–Trinajstić information content (AvgIpc) is 2.69. The molecule has 1 heterocycles. The van der Waals surface area contributed by atoms with E-state index in [1.54, 1.807) is 29.2 Å². The number of nitro groups is 1. The molecule has 0 saturated carbocycles. The molecule has 2 aromatic carbocycles. The van der Waals surface area contributed by atoms with Crippen LogP contribution < -0.4 is 10.2 Å². The molecule has 0 aliphatic carbocycles. The molecule has 8 nitrogen and oxygen atoms in total. The molecule has 0 fully saturated rings. The second kappa shape index (κ2) is 8.26. The second-order valence-electron chi connectivity index (χ2n) is 5.99. The first kappa shape index (κ1) is 19.0. The lowest BCUT2D eigenvalue weighted by molar-refractivity contribution is -0.383. The monoisotopic (exact) mass is 377 g/mol. The minimum atomic E-state index is -0.502. The molecule has 1 aromatic heterocycles. The first-order valence-electron chi connectivity index (χ1n) is 8.71. The summed E-state index contributed by atoms with van der Waals surface area (Å²) in [6.45, 7) is 3.84. The van der Waals surface area contributed by atoms with Gasteiger partial charge in [-0.3, -0.25) is 14.9 Å². The quantitative estimate of drug-likeness (QED) is 0.368. The summed E-state index contributed by atoms with van der Waals surface area (Å²) in [6.07, 6.45) is 1.28. The van der Waals surface area contributed by atoms with Gasteiger partial charge in [0.15, 0.2) is 5.78 Å². The number of ketones is 1. The number of nitrogens with zero attached hydrogens (tertiary/aromatic N) is 4. The van der Waals surface area contributed by atoms with Gasteiger partial charge in [-0.05, 0) is 38.1 Å². The van der Waals surface area contributed by atoms with Crippen molar-refractivity contribution in [3.8, 4) is 0 Å². The minimum absolute atomic E-state index is 0.0603. The molecule has 0 unspecified atom stereocenters. The Balaban J connectivity index is 2.06. The number of Topliss-reactive ketones (excluding diaryl/α,β-unsaturated/α-hetero) is 1. The van der Waals surface area contributed by atoms with E-state index in [4.69, 9.17) is 0 Å². The Bertz CT molecular complexity index is 1010. The van der Waals surface area contributed by atoms with Crippen LogP contribution in [0.5, 0.6) is 0 Å². The molecule has 28 heavy (non-hydrogen) atoms. The molecule has 0 saturated heterocycles. The molecule has 0 aliphatic rings. The van der Waals surface area contributed by atoms with E-state index in [1.807, 2.05) is 37.3 Å². The van der Waals surface area contributed by atoms with Crippen LogP contribution in [-0.4, -0.2) is 27.2 Å². The number of para-hydroxylation sites is 1. The van der Waals surface area contributed by atoms with E-state index < -0.39 is 4.92 Å². The number of carbonyl (C=O) groups excluding carboxylic acids is 1. The van der Waals surface area contributed by atoms with Gasteiger partial charge >= 0.3 is 5.69 Å². The molecule has 8 heteroatoms. The summed E-state index contributed by atoms with van der Waals surface area (Å²) < 4.78 is 0. The maximum absolute atomic E-state index is 11.9. The molecule has 142 valence electrons. The third-order valence-corrected chi connectivity index (χ3v) is 4.16. The van der Waals surface area contributed by atoms with Crippen LogP contribution in [0.4, 0.5) is 28.7 Å². The summed E-state index contributed by atoms with van der Waals surface area (Å²) in [5.41, 5.74) is 1.59. The SMILES string of the molecule is CCN(c1ccccc1)c1ncnc(Nc2cccc(C(C)=O)c2)c1[N+](=O)[O-]. The van der Waals surface area contributed by atoms with Crippen LogP contribution in [0.1, 0.15) is 24.2 Å². The molecule has 0 amide bonds. The molecule has 3 aromatic rings. The van der Waals surface area contributed by atoms with Crippen molar-refractivity contribution < 1.29 is 9.72 Å². The minimum Gasteiger partial charge on any atom is -0.334 e. The number of nitrogens with one attached hydrogen (secondary N) is 1. The highest BCUT2D eigenvalue weighted by atomic mass is 16.6. The number of hydrogen-bond donors (Lipinski definition) is 1. The van der Waals surface area contributed by atoms with Crippen molar-refractivity contribution in [3.63, 3.8) is 0 Å². The van der Waals surface area contributed by atoms with Crippen LogP contribution in [0, 0.1) is 10.1 Å². The van der Waals surface area contributed by atoms with Crippen LogP contribution in [0.2, 0.25) is 0 Å². The number of carbonyl (C=O) groups is 1. The zero-order valence-corrected chi connectivity index (χ0v) is 15.5. The van der Waals surface area contributed by atoms with Crippen molar-refractivity contribution >= 4 is 34.5 Å². The predicted molar refractivity (Wildman–Crippen MR) is 108 cm³/mol. The van der Waals surface area contributed by atoms with Crippen LogP contribution >= 0.6 is 0 Å². The highest BCUT2D eigenvalue weighted by molar-refractivity contribution is 5.95. The maximum atomic E-state index is 11.9. The van der Waals surface area contributed by atoms with E-state index >= 15 is 0 Å². The first-order chi connectivity index (χ1) is 13.5. The Labute approximate surface area is 162 Å². The number of hydrogen-bond acceptors (Lipinski definition) is 7. The first-order valence-corrected chi connectivity index (χ1v) is 8.71. The number of anilines is 4. The largest absolute Gasteiger partial charge is 0.354 e. The summed E-state index contributed by atoms with van der Waals surface area (Å²) >= 11 is 0. The van der Waals surface area contributed by atoms with Crippen LogP contribution in [0.25, 0.3) is 0 Å². The fourth-order valence-electron chi connectivity index (χ4n) is 2.84. The van der Waals surface area contributed by atoms with Gasteiger partial charge < -0.3 is 10.2 Å². The lowest BCUT2D eigenvalue weighted by atomic mass is 10.1. The summed E-state index contributed by atoms with van der Waals surface area (Å²) in [4.78, 5) is 32.9. The molecule has 0 atom stereocenters. The van der Waals surface area contributed by atoms with Crippen molar-refractivity contribution in [1.29, 1.82) is 0 Å². The van der Waals surface area contributed by atoms with Gasteiger partial charge in [0.1, 0.15) is 6.33 Å². The van der Waals surface area contributed by atoms with Crippen LogP contribution in [0.15, 0.2) is 60.9 Å². The predicted octanol–water partition coefficient (Wildman–Crippen LogP) is 4.49. The smallest absolute Gasteiger partial charge is 0.334 e. The van der Waals surface area contributed by atoms with Crippen LogP contribution in [0.3, 0.4) is 0 Å². The van der Waals surface area contributed by atoms with Crippen molar-refractivity contribution in [2.24, 2.45) is 0 Å². The molecule has 1 N–H and O–H groups in total. The van der Waals surface area contributed by atoms with Gasteiger partial charge in [0.25, 0.3) is 0 Å². The second-order valence-corrected chi connectivity index (χ2v) is 5.99. The van der Waals surface area contributed by atoms with Gasteiger partial charge in [0.2, 0.25) is 11.6 Å². The Morgan fingerprint density at radius 2 is 1.89 bits per heavy atom. The van der Waals surface area contributed by atoms with Crippen molar-refractivity contribution in [2.45, 2.75) is 13.8 Å². The maximum Gasteiger partial charge on any atom is 0.354 e. The lowest BCUT2D eigenvalue weighted by Gasteiger charge is -2.22. The van der Waals surface area contributed by atoms with E-state index in [9.17, 15) is 14.9 Å². The zero-order valence-electron chi connectivity index (χ0n) is 15.5. The zero-order chi connectivity index (χ0) is 20.1. The fraction of sp³-hybridized carbons (Fsp3) is 0.150. The summed E-state index contributed by atoms with van der Waals surface area (Å²) in [5.74, 6) is 0.159. The van der Waals surface area contributed by atoms with Crippen LogP contribution in [-0.2, 0) is 0 Å². The molecular formula is C20H19N5O3. The third kappa shape index (κ3) is 3.96. The molecule has 3 rings (SSSR count). The Morgan fingerprint density at radius 1 is 1.14 bits per heavy atom. The molecule has 0 spiro atoms. The standard InChI is InChI=1S/C20H19N5O3/c1-3-24(17-10-5-4-6-11-17)20-18(25(27)28)19(21-13-22-20)23-16-9-7-8-15(12-16)14(2)26/h4-13H,3H2,1-2H3,(H,21,22,23). The Morgan fingerprint density at radius 3 is 2.54 bits per heavy atom. The third-order valence-electron chi connectivity index (χ3n) is 4.16. The molecule has 0 aliphatic heterocycles. The van der Waals surface area contributed by atoms with Crippen molar-refractivity contribution in [2.75, 3.05) is 16.8 Å². The number of aromatic nitrogens is 2. The van der Waals surface area contributed by atoms with Gasteiger partial charge in [-0.25, -0.2) is 9.97 Å². The summed E-state index contributed by atoms with van der Waals surface area (Å²) in [5, 5.41) is 14.8. The number of rotatable bonds is 7. The van der Waals surface area contributed by atoms with E-state index in [0.717, 1.165) is 5.69 Å². The van der Waals surface area contributed by atoms with E-state index in [-0.39, 0.29) is 23.1 Å². The molecule has 0 radical (unpaired) electrons. The van der Waals surface area contributed by atoms with Crippen molar-refractivity contribution in [1.82, 2.24) is 9.97 Å². The van der Waals surface area contributed by atoms with Crippen molar-refractivity contribution in [3.05, 3.63) is 76.6 Å². The Hall–Kier alpha value is -3.81. The van der Waals surface area contributed by atoms with Gasteiger partial charge in [-0.2, -0.15) is 0 Å². The van der Waals surface area contributed by atoms with Gasteiger partial charge in [0.05, 0.1) is 4.92 Å². The topological polar surface area (TPSA) is 101 Å². The normalized spacial score (nSPS) is 10.4. The summed E-state index contributed by atoms with van der Waals surface area (Å²) in [7, 11) is 0. The Kier molecular flexibility index (Phi) is 5.59. The molecule has 0 bridgehead atoms. The fourth-order valence-corrected chi connectivity index (χ4v) is 2.84. The average molecular weight is 377 g/mol. The highest BCUT2D eigenvalue weighted by Crippen LogP contribution is 2.36. The summed E-state index contributed by atoms with van der Waals surface area (Å²) in [6, 6.07) is 16.0. The van der Waals surface area contributed by atoms with E-state index in [0.29, 0.717) is 17.8 Å². The lowest BCUT2D eigenvalue weighted by Crippen LogP contribution is -2.19.